The first-order valence-corrected chi connectivity index (χ1v) is 16.7. The van der Waals surface area contributed by atoms with E-state index < -0.39 is 0 Å². The lowest BCUT2D eigenvalue weighted by molar-refractivity contribution is 0.398. The van der Waals surface area contributed by atoms with Crippen molar-refractivity contribution in [3.05, 3.63) is 71.2 Å². The third-order valence-corrected chi connectivity index (χ3v) is 8.28. The van der Waals surface area contributed by atoms with Crippen LogP contribution in [0.2, 0.25) is 0 Å². The van der Waals surface area contributed by atoms with E-state index in [1.807, 2.05) is 58.2 Å². The third-order valence-electron chi connectivity index (χ3n) is 6.76. The van der Waals surface area contributed by atoms with E-state index in [0.717, 1.165) is 81.5 Å². The number of aryl methyl sites for hydroxylation is 4. The average Bonchev–Trinajstić information content (AvgIpc) is 3.86. The van der Waals surface area contributed by atoms with Gasteiger partial charge in [0.15, 0.2) is 10.3 Å². The van der Waals surface area contributed by atoms with Crippen LogP contribution in [0.1, 0.15) is 38.1 Å². The van der Waals surface area contributed by atoms with E-state index in [0.29, 0.717) is 11.8 Å². The van der Waals surface area contributed by atoms with E-state index in [1.165, 1.54) is 0 Å². The number of ether oxygens (including phenoxy) is 2. The summed E-state index contributed by atoms with van der Waals surface area (Å²) in [6.45, 7) is 10.2. The molecule has 0 spiro atoms. The normalized spacial score (nSPS) is 10.7. The minimum Gasteiger partial charge on any atom is -0.481 e. The smallest absolute Gasteiger partial charge is 0.237 e. The van der Waals surface area contributed by atoms with Crippen LogP contribution >= 0.6 is 22.7 Å². The number of hydrogen-bond donors (Lipinski definition) is 2. The summed E-state index contributed by atoms with van der Waals surface area (Å²) in [5, 5.41) is 21.3. The molecule has 0 aliphatic rings. The molecule has 12 nitrogen and oxygen atoms in total. The third kappa shape index (κ3) is 8.06. The molecule has 0 aliphatic carbocycles. The molecule has 240 valence electrons. The van der Waals surface area contributed by atoms with Crippen LogP contribution in [0.3, 0.4) is 0 Å². The highest BCUT2D eigenvalue weighted by Crippen LogP contribution is 2.31. The molecule has 0 saturated heterocycles. The van der Waals surface area contributed by atoms with E-state index in [2.05, 4.69) is 67.0 Å². The summed E-state index contributed by atoms with van der Waals surface area (Å²) in [5.41, 5.74) is 7.70. The van der Waals surface area contributed by atoms with Crippen LogP contribution in [-0.2, 0) is 13.1 Å². The van der Waals surface area contributed by atoms with Gasteiger partial charge in [-0.05, 0) is 44.9 Å². The van der Waals surface area contributed by atoms with Gasteiger partial charge in [-0.15, -0.1) is 22.7 Å². The van der Waals surface area contributed by atoms with Crippen LogP contribution in [0.15, 0.2) is 59.8 Å². The standard InChI is InChI=1S/2C16H19N5OS/c1-4-8-21-9-12(11(2)20-21)14-10-23-16(19-14)18-13-6-5-7-17-15(13)22-3;1-4-7-21-9-13(11(2)20-21)14-10-23-16(19-14)18-12-5-6-15(22-3)17-8-12/h5-7,9-10H,4,8H2,1-3H3,(H,18,19);5-6,8-10H,4,7H2,1-3H3,(H,18,19). The molecular formula is C32H38N10O2S2. The zero-order valence-electron chi connectivity index (χ0n) is 26.8. The number of methoxy groups -OCH3 is 2. The summed E-state index contributed by atoms with van der Waals surface area (Å²) in [7, 11) is 3.20. The molecule has 0 atom stereocenters. The summed E-state index contributed by atoms with van der Waals surface area (Å²) in [6.07, 6.45) is 9.67. The maximum absolute atomic E-state index is 5.25. The molecule has 6 aromatic rings. The van der Waals surface area contributed by atoms with E-state index >= 15 is 0 Å². The molecule has 0 saturated carbocycles. The Kier molecular flexibility index (Phi) is 10.9. The van der Waals surface area contributed by atoms with Gasteiger partial charge in [0.1, 0.15) is 5.69 Å². The maximum Gasteiger partial charge on any atom is 0.237 e. The van der Waals surface area contributed by atoms with Crippen LogP contribution in [0.4, 0.5) is 21.6 Å². The monoisotopic (exact) mass is 658 g/mol. The molecular weight excluding hydrogens is 621 g/mol. The summed E-state index contributed by atoms with van der Waals surface area (Å²) in [4.78, 5) is 17.7. The first kappa shape index (κ1) is 32.6. The largest absolute Gasteiger partial charge is 0.481 e. The minimum atomic E-state index is 0.552. The Bertz CT molecular complexity index is 1840. The second-order valence-corrected chi connectivity index (χ2v) is 12.0. The molecule has 0 unspecified atom stereocenters. The highest BCUT2D eigenvalue weighted by atomic mass is 32.1. The predicted octanol–water partition coefficient (Wildman–Crippen LogP) is 7.74. The molecule has 14 heteroatoms. The molecule has 0 radical (unpaired) electrons. The number of rotatable bonds is 12. The fraction of sp³-hybridized carbons (Fsp3) is 0.312. The van der Waals surface area contributed by atoms with Crippen molar-refractivity contribution in [2.45, 2.75) is 53.6 Å². The summed E-state index contributed by atoms with van der Waals surface area (Å²) >= 11 is 3.11. The molecule has 0 amide bonds. The van der Waals surface area contributed by atoms with Gasteiger partial charge in [0, 0.05) is 59.6 Å². The van der Waals surface area contributed by atoms with Crippen LogP contribution in [-0.4, -0.2) is 53.7 Å². The number of aromatic nitrogens is 8. The van der Waals surface area contributed by atoms with E-state index in [9.17, 15) is 0 Å². The van der Waals surface area contributed by atoms with Crippen molar-refractivity contribution in [1.29, 1.82) is 0 Å². The lowest BCUT2D eigenvalue weighted by atomic mass is 10.2. The van der Waals surface area contributed by atoms with Crippen molar-refractivity contribution in [3.63, 3.8) is 0 Å². The van der Waals surface area contributed by atoms with Gasteiger partial charge < -0.3 is 20.1 Å². The van der Waals surface area contributed by atoms with Gasteiger partial charge in [0.05, 0.1) is 48.9 Å². The predicted molar refractivity (Wildman–Crippen MR) is 185 cm³/mol. The number of thiazole rings is 2. The number of nitrogens with one attached hydrogen (secondary N) is 2. The molecule has 6 rings (SSSR count). The van der Waals surface area contributed by atoms with E-state index in [-0.39, 0.29) is 0 Å². The second-order valence-electron chi connectivity index (χ2n) is 10.3. The number of pyridine rings is 2. The first-order chi connectivity index (χ1) is 22.4. The molecule has 46 heavy (non-hydrogen) atoms. The molecule has 6 heterocycles. The zero-order chi connectivity index (χ0) is 32.5. The van der Waals surface area contributed by atoms with Crippen molar-refractivity contribution < 1.29 is 9.47 Å². The first-order valence-electron chi connectivity index (χ1n) is 14.9. The molecule has 6 aromatic heterocycles. The van der Waals surface area contributed by atoms with Crippen molar-refractivity contribution >= 4 is 44.3 Å². The van der Waals surface area contributed by atoms with Gasteiger partial charge in [-0.25, -0.2) is 19.9 Å². The Morgan fingerprint density at radius 1 is 0.761 bits per heavy atom. The summed E-state index contributed by atoms with van der Waals surface area (Å²) in [6, 6.07) is 7.50. The average molecular weight is 659 g/mol. The van der Waals surface area contributed by atoms with Crippen LogP contribution in [0, 0.1) is 13.8 Å². The number of nitrogens with zero attached hydrogens (tertiary/aromatic N) is 8. The van der Waals surface area contributed by atoms with Gasteiger partial charge in [0.2, 0.25) is 11.8 Å². The highest BCUT2D eigenvalue weighted by Gasteiger charge is 2.13. The quantitative estimate of drug-likeness (QED) is 0.135. The van der Waals surface area contributed by atoms with Gasteiger partial charge in [0.25, 0.3) is 0 Å². The topological polar surface area (TPSA) is 130 Å². The van der Waals surface area contributed by atoms with Crippen LogP contribution < -0.4 is 20.1 Å². The molecule has 0 aromatic carbocycles. The lowest BCUT2D eigenvalue weighted by Crippen LogP contribution is -1.96. The van der Waals surface area contributed by atoms with Crippen molar-refractivity contribution in [3.8, 4) is 34.3 Å². The maximum atomic E-state index is 5.25. The Morgan fingerprint density at radius 2 is 1.37 bits per heavy atom. The molecule has 0 fully saturated rings. The van der Waals surface area contributed by atoms with Gasteiger partial charge in [-0.1, -0.05) is 13.8 Å². The number of hydrogen-bond acceptors (Lipinski definition) is 12. The molecule has 0 aliphatic heterocycles. The Morgan fingerprint density at radius 3 is 1.89 bits per heavy atom. The van der Waals surface area contributed by atoms with E-state index in [1.54, 1.807) is 49.3 Å². The van der Waals surface area contributed by atoms with Crippen molar-refractivity contribution in [2.75, 3.05) is 24.9 Å². The molecule has 2 N–H and O–H groups in total. The van der Waals surface area contributed by atoms with Gasteiger partial charge in [-0.2, -0.15) is 10.2 Å². The zero-order valence-corrected chi connectivity index (χ0v) is 28.4. The fourth-order valence-electron chi connectivity index (χ4n) is 4.60. The number of anilines is 4. The van der Waals surface area contributed by atoms with Crippen LogP contribution in [0.5, 0.6) is 11.8 Å². The highest BCUT2D eigenvalue weighted by molar-refractivity contribution is 7.14. The van der Waals surface area contributed by atoms with Gasteiger partial charge >= 0.3 is 0 Å². The van der Waals surface area contributed by atoms with Gasteiger partial charge in [-0.3, -0.25) is 9.36 Å². The van der Waals surface area contributed by atoms with Crippen LogP contribution in [0.25, 0.3) is 22.5 Å². The summed E-state index contributed by atoms with van der Waals surface area (Å²) in [5.74, 6) is 1.14. The molecule has 0 bridgehead atoms. The summed E-state index contributed by atoms with van der Waals surface area (Å²) < 4.78 is 14.3. The fourth-order valence-corrected chi connectivity index (χ4v) is 6.05. The Labute approximate surface area is 276 Å². The SMILES string of the molecule is CCCn1cc(-c2csc(Nc3ccc(OC)nc3)n2)c(C)n1.CCCn1cc(-c2csc(Nc3cccnc3OC)n2)c(C)n1. The van der Waals surface area contributed by atoms with Crippen molar-refractivity contribution in [2.24, 2.45) is 0 Å². The van der Waals surface area contributed by atoms with Crippen molar-refractivity contribution in [1.82, 2.24) is 39.5 Å². The minimum absolute atomic E-state index is 0.552. The Hall–Kier alpha value is -4.82. The Balaban J connectivity index is 0.000000181. The lowest BCUT2D eigenvalue weighted by Gasteiger charge is -2.06. The second kappa shape index (κ2) is 15.5. The van der Waals surface area contributed by atoms with E-state index in [4.69, 9.17) is 9.47 Å².